The van der Waals surface area contributed by atoms with Gasteiger partial charge in [-0.15, -0.1) is 0 Å². The zero-order valence-electron chi connectivity index (χ0n) is 20.6. The number of carbonyl (C=O) groups is 4. The van der Waals surface area contributed by atoms with Crippen LogP contribution in [0.3, 0.4) is 0 Å². The van der Waals surface area contributed by atoms with Gasteiger partial charge in [-0.1, -0.05) is 60.7 Å². The predicted molar refractivity (Wildman–Crippen MR) is 139 cm³/mol. The molecule has 37 heavy (non-hydrogen) atoms. The topological polar surface area (TPSA) is 142 Å². The van der Waals surface area contributed by atoms with Crippen LogP contribution in [-0.2, 0) is 23.9 Å². The lowest BCUT2D eigenvalue weighted by molar-refractivity contribution is -0.156. The third kappa shape index (κ3) is 12.9. The van der Waals surface area contributed by atoms with Crippen LogP contribution in [0.2, 0.25) is 0 Å². The second-order valence-electron chi connectivity index (χ2n) is 8.67. The summed E-state index contributed by atoms with van der Waals surface area (Å²) in [4.78, 5) is 47.6. The Kier molecular flexibility index (Phi) is 11.8. The van der Waals surface area contributed by atoms with E-state index in [0.29, 0.717) is 0 Å². The van der Waals surface area contributed by atoms with Gasteiger partial charge in [0.15, 0.2) is 0 Å². The van der Waals surface area contributed by atoms with E-state index in [1.54, 1.807) is 12.2 Å². The number of rotatable bonds is 14. The van der Waals surface area contributed by atoms with Crippen LogP contribution >= 0.6 is 0 Å². The van der Waals surface area contributed by atoms with Crippen LogP contribution in [0, 0.1) is 0 Å². The van der Waals surface area contributed by atoms with Crippen molar-refractivity contribution >= 4 is 35.9 Å². The minimum Gasteiger partial charge on any atom is -0.481 e. The second-order valence-corrected chi connectivity index (χ2v) is 8.67. The van der Waals surface area contributed by atoms with Crippen LogP contribution < -0.4 is 10.6 Å². The Hall–Kier alpha value is -4.24. The standard InChI is InChI=1S/C28H32N2O7/c1-28(36,18-26(33)34)19-27(35)37-23(20-30-25(32)15-13-22-10-6-3-7-11-22)16-17-29-24(31)14-12-21-8-4-2-5-9-21/h2-15,23,36H,16-20H2,1H3,(H,29,31)(H,30,32)(H,33,34)/t23-,28+/m1/s1. The molecule has 2 aromatic rings. The number of carbonyl (C=O) groups excluding carboxylic acids is 3. The van der Waals surface area contributed by atoms with Crippen molar-refractivity contribution in [2.24, 2.45) is 0 Å². The van der Waals surface area contributed by atoms with Crippen molar-refractivity contribution in [3.8, 4) is 0 Å². The molecule has 2 aromatic carbocycles. The summed E-state index contributed by atoms with van der Waals surface area (Å²) < 4.78 is 5.39. The summed E-state index contributed by atoms with van der Waals surface area (Å²) in [6, 6.07) is 18.5. The molecule has 0 spiro atoms. The van der Waals surface area contributed by atoms with Crippen LogP contribution in [0.4, 0.5) is 0 Å². The number of benzene rings is 2. The van der Waals surface area contributed by atoms with Gasteiger partial charge in [0, 0.05) is 25.1 Å². The number of ether oxygens (including phenoxy) is 1. The number of amides is 2. The van der Waals surface area contributed by atoms with E-state index in [9.17, 15) is 24.3 Å². The van der Waals surface area contributed by atoms with Gasteiger partial charge in [0.05, 0.1) is 25.0 Å². The lowest BCUT2D eigenvalue weighted by Gasteiger charge is -2.23. The molecule has 9 heteroatoms. The average molecular weight is 509 g/mol. The van der Waals surface area contributed by atoms with Crippen molar-refractivity contribution in [1.29, 1.82) is 0 Å². The molecule has 0 saturated carbocycles. The van der Waals surface area contributed by atoms with Crippen LogP contribution in [0.5, 0.6) is 0 Å². The number of carboxylic acid groups (broad SMARTS) is 1. The quantitative estimate of drug-likeness (QED) is 0.227. The van der Waals surface area contributed by atoms with Gasteiger partial charge >= 0.3 is 11.9 Å². The van der Waals surface area contributed by atoms with E-state index in [-0.39, 0.29) is 25.4 Å². The molecule has 0 aliphatic carbocycles. The van der Waals surface area contributed by atoms with Gasteiger partial charge in [-0.2, -0.15) is 0 Å². The van der Waals surface area contributed by atoms with Gasteiger partial charge in [-0.3, -0.25) is 19.2 Å². The zero-order chi connectivity index (χ0) is 27.1. The minimum absolute atomic E-state index is 0.0412. The first-order valence-corrected chi connectivity index (χ1v) is 11.8. The molecule has 0 fully saturated rings. The molecule has 0 heterocycles. The molecule has 0 aromatic heterocycles. The Bertz CT molecular complexity index is 1100. The average Bonchev–Trinajstić information content (AvgIpc) is 2.84. The fourth-order valence-corrected chi connectivity index (χ4v) is 3.29. The van der Waals surface area contributed by atoms with Crippen LogP contribution in [0.15, 0.2) is 72.8 Å². The van der Waals surface area contributed by atoms with Gasteiger partial charge in [0.25, 0.3) is 0 Å². The molecule has 0 aliphatic rings. The maximum Gasteiger partial charge on any atom is 0.309 e. The molecule has 2 atom stereocenters. The number of aliphatic carboxylic acids is 1. The van der Waals surface area contributed by atoms with Gasteiger partial charge in [0.2, 0.25) is 11.8 Å². The van der Waals surface area contributed by atoms with E-state index in [0.717, 1.165) is 11.1 Å². The summed E-state index contributed by atoms with van der Waals surface area (Å²) in [5.41, 5.74) is -0.0808. The first-order valence-electron chi connectivity index (χ1n) is 11.8. The number of nitrogens with one attached hydrogen (secondary N) is 2. The Labute approximate surface area is 215 Å². The Morgan fingerprint density at radius 1 is 0.865 bits per heavy atom. The Balaban J connectivity index is 1.92. The first-order chi connectivity index (χ1) is 17.6. The van der Waals surface area contributed by atoms with Gasteiger partial charge in [-0.05, 0) is 30.2 Å². The number of hydrogen-bond acceptors (Lipinski definition) is 6. The molecule has 2 rings (SSSR count). The normalized spacial score (nSPS) is 13.6. The minimum atomic E-state index is -1.79. The maximum atomic E-state index is 12.4. The summed E-state index contributed by atoms with van der Waals surface area (Å²) in [6.45, 7) is 1.34. The molecule has 2 amide bonds. The van der Waals surface area contributed by atoms with Gasteiger partial charge < -0.3 is 25.6 Å². The zero-order valence-corrected chi connectivity index (χ0v) is 20.6. The molecule has 0 unspecified atom stereocenters. The molecule has 0 radical (unpaired) electrons. The highest BCUT2D eigenvalue weighted by Gasteiger charge is 2.29. The molecular formula is C28H32N2O7. The van der Waals surface area contributed by atoms with Crippen LogP contribution in [0.1, 0.15) is 37.3 Å². The third-order valence-electron chi connectivity index (χ3n) is 5.08. The van der Waals surface area contributed by atoms with Gasteiger partial charge in [-0.25, -0.2) is 0 Å². The van der Waals surface area contributed by atoms with E-state index in [2.05, 4.69) is 10.6 Å². The number of esters is 1. The van der Waals surface area contributed by atoms with Crippen molar-refractivity contribution < 1.29 is 34.1 Å². The van der Waals surface area contributed by atoms with Gasteiger partial charge in [0.1, 0.15) is 6.10 Å². The summed E-state index contributed by atoms with van der Waals surface area (Å²) in [5, 5.41) is 24.4. The highest BCUT2D eigenvalue weighted by molar-refractivity contribution is 5.92. The lowest BCUT2D eigenvalue weighted by Crippen LogP contribution is -2.38. The van der Waals surface area contributed by atoms with E-state index in [1.807, 2.05) is 60.7 Å². The van der Waals surface area contributed by atoms with Crippen molar-refractivity contribution in [1.82, 2.24) is 10.6 Å². The predicted octanol–water partition coefficient (Wildman–Crippen LogP) is 2.56. The largest absolute Gasteiger partial charge is 0.481 e. The molecule has 9 nitrogen and oxygen atoms in total. The first kappa shape index (κ1) is 29.0. The summed E-state index contributed by atoms with van der Waals surface area (Å²) >= 11 is 0. The van der Waals surface area contributed by atoms with Crippen molar-refractivity contribution in [3.63, 3.8) is 0 Å². The van der Waals surface area contributed by atoms with Crippen molar-refractivity contribution in [3.05, 3.63) is 83.9 Å². The lowest BCUT2D eigenvalue weighted by atomic mass is 9.98. The summed E-state index contributed by atoms with van der Waals surface area (Å²) in [5.74, 6) is -2.82. The fraction of sp³-hybridized carbons (Fsp3) is 0.286. The second kappa shape index (κ2) is 15.0. The molecular weight excluding hydrogens is 476 g/mol. The van der Waals surface area contributed by atoms with E-state index in [1.165, 1.54) is 19.1 Å². The SMILES string of the molecule is C[C@](O)(CC(=O)O)CC(=O)O[C@H](CCNC(=O)C=Cc1ccccc1)CNC(=O)C=Cc1ccccc1. The summed E-state index contributed by atoms with van der Waals surface area (Å²) in [6.07, 6.45) is 4.23. The van der Waals surface area contributed by atoms with E-state index < -0.39 is 42.4 Å². The Morgan fingerprint density at radius 2 is 1.38 bits per heavy atom. The van der Waals surface area contributed by atoms with Crippen LogP contribution in [0.25, 0.3) is 12.2 Å². The smallest absolute Gasteiger partial charge is 0.309 e. The van der Waals surface area contributed by atoms with Crippen molar-refractivity contribution in [2.75, 3.05) is 13.1 Å². The highest BCUT2D eigenvalue weighted by atomic mass is 16.5. The van der Waals surface area contributed by atoms with E-state index >= 15 is 0 Å². The maximum absolute atomic E-state index is 12.4. The molecule has 4 N–H and O–H groups in total. The molecule has 196 valence electrons. The molecule has 0 bridgehead atoms. The Morgan fingerprint density at radius 3 is 1.89 bits per heavy atom. The number of carboxylic acids is 1. The van der Waals surface area contributed by atoms with E-state index in [4.69, 9.17) is 9.84 Å². The monoisotopic (exact) mass is 508 g/mol. The summed E-state index contributed by atoms with van der Waals surface area (Å²) in [7, 11) is 0. The third-order valence-corrected chi connectivity index (χ3v) is 5.08. The highest BCUT2D eigenvalue weighted by Crippen LogP contribution is 2.16. The fourth-order valence-electron chi connectivity index (χ4n) is 3.29. The van der Waals surface area contributed by atoms with Crippen LogP contribution in [-0.4, -0.2) is 58.8 Å². The molecule has 0 aliphatic heterocycles. The number of hydrogen-bond donors (Lipinski definition) is 4. The molecule has 0 saturated heterocycles. The van der Waals surface area contributed by atoms with Crippen molar-refractivity contribution in [2.45, 2.75) is 37.9 Å². The number of aliphatic hydroxyl groups is 1.